The number of ether oxygens (including phenoxy) is 2. The highest BCUT2D eigenvalue weighted by Crippen LogP contribution is 2.23. The fourth-order valence-electron chi connectivity index (χ4n) is 2.80. The van der Waals surface area contributed by atoms with Crippen molar-refractivity contribution in [1.29, 1.82) is 0 Å². The molecule has 0 saturated carbocycles. The summed E-state index contributed by atoms with van der Waals surface area (Å²) in [4.78, 5) is 9.82. The van der Waals surface area contributed by atoms with E-state index in [1.165, 1.54) is 0 Å². The standard InChI is InChI=1S/C22H28N4O3S.HI/c1-16-7-8-17(19(12-16)28-10-5-9-27-3)13-24-22(23-2)25-14-18-15-29-21(26-18)20-6-4-11-30-20;/h4,6-8,11-12,15H,5,9-10,13-14H2,1-3H3,(H2,23,24,25);1H. The molecule has 0 atom stereocenters. The van der Waals surface area contributed by atoms with E-state index in [-0.39, 0.29) is 24.0 Å². The summed E-state index contributed by atoms with van der Waals surface area (Å²) in [6.45, 7) is 4.48. The average Bonchev–Trinajstić information content (AvgIpc) is 3.44. The van der Waals surface area contributed by atoms with E-state index < -0.39 is 0 Å². The maximum atomic E-state index is 5.95. The van der Waals surface area contributed by atoms with Crippen LogP contribution >= 0.6 is 35.3 Å². The number of methoxy groups -OCH3 is 1. The first-order valence-electron chi connectivity index (χ1n) is 9.83. The molecule has 0 unspecified atom stereocenters. The number of aryl methyl sites for hydroxylation is 1. The van der Waals surface area contributed by atoms with Gasteiger partial charge in [0.1, 0.15) is 12.0 Å². The van der Waals surface area contributed by atoms with Crippen LogP contribution in [0.15, 0.2) is 51.4 Å². The number of thiophene rings is 1. The first kappa shape index (κ1) is 25.2. The number of halogens is 1. The van der Waals surface area contributed by atoms with Crippen LogP contribution in [0, 0.1) is 6.92 Å². The van der Waals surface area contributed by atoms with Crippen LogP contribution in [-0.2, 0) is 17.8 Å². The van der Waals surface area contributed by atoms with Crippen LogP contribution in [0.4, 0.5) is 0 Å². The highest BCUT2D eigenvalue weighted by molar-refractivity contribution is 14.0. The van der Waals surface area contributed by atoms with E-state index in [1.807, 2.05) is 17.5 Å². The van der Waals surface area contributed by atoms with Crippen molar-refractivity contribution in [2.45, 2.75) is 26.4 Å². The van der Waals surface area contributed by atoms with Gasteiger partial charge in [0.05, 0.1) is 23.7 Å². The molecule has 0 aliphatic rings. The minimum atomic E-state index is 0. The maximum absolute atomic E-state index is 5.95. The zero-order valence-electron chi connectivity index (χ0n) is 18.0. The van der Waals surface area contributed by atoms with Gasteiger partial charge in [0, 0.05) is 39.3 Å². The first-order chi connectivity index (χ1) is 14.7. The predicted octanol–water partition coefficient (Wildman–Crippen LogP) is 4.61. The Morgan fingerprint density at radius 2 is 2.03 bits per heavy atom. The highest BCUT2D eigenvalue weighted by Gasteiger charge is 2.09. The second kappa shape index (κ2) is 13.3. The number of oxazole rings is 1. The zero-order valence-corrected chi connectivity index (χ0v) is 21.2. The van der Waals surface area contributed by atoms with Gasteiger partial charge in [-0.1, -0.05) is 18.2 Å². The summed E-state index contributed by atoms with van der Waals surface area (Å²) in [5.41, 5.74) is 3.05. The van der Waals surface area contributed by atoms with Gasteiger partial charge in [-0.05, 0) is 30.0 Å². The number of nitrogens with one attached hydrogen (secondary N) is 2. The normalized spacial score (nSPS) is 11.1. The fraction of sp³-hybridized carbons (Fsp3) is 0.364. The Morgan fingerprint density at radius 1 is 1.19 bits per heavy atom. The topological polar surface area (TPSA) is 80.9 Å². The molecule has 2 heterocycles. The van der Waals surface area contributed by atoms with Gasteiger partial charge in [-0.25, -0.2) is 4.98 Å². The lowest BCUT2D eigenvalue weighted by Crippen LogP contribution is -2.36. The molecule has 3 aromatic rings. The summed E-state index contributed by atoms with van der Waals surface area (Å²) < 4.78 is 16.6. The molecule has 0 saturated heterocycles. The molecule has 0 amide bonds. The predicted molar refractivity (Wildman–Crippen MR) is 135 cm³/mol. The number of aliphatic imine (C=N–C) groups is 1. The van der Waals surface area contributed by atoms with Gasteiger partial charge >= 0.3 is 0 Å². The molecular formula is C22H29IN4O3S. The van der Waals surface area contributed by atoms with Crippen LogP contribution in [0.5, 0.6) is 5.75 Å². The number of guanidine groups is 1. The van der Waals surface area contributed by atoms with E-state index in [4.69, 9.17) is 13.9 Å². The highest BCUT2D eigenvalue weighted by atomic mass is 127. The Morgan fingerprint density at radius 3 is 2.77 bits per heavy atom. The van der Waals surface area contributed by atoms with Crippen LogP contribution in [0.3, 0.4) is 0 Å². The van der Waals surface area contributed by atoms with E-state index in [9.17, 15) is 0 Å². The molecule has 9 heteroatoms. The SMILES string of the molecule is CN=C(NCc1coc(-c2cccs2)n1)NCc1ccc(C)cc1OCCCOC.I. The third-order valence-electron chi connectivity index (χ3n) is 4.36. The molecule has 0 fully saturated rings. The van der Waals surface area contributed by atoms with Crippen LogP contribution in [0.25, 0.3) is 10.8 Å². The molecule has 0 bridgehead atoms. The van der Waals surface area contributed by atoms with Gasteiger partial charge in [0.15, 0.2) is 5.96 Å². The van der Waals surface area contributed by atoms with Crippen molar-refractivity contribution in [1.82, 2.24) is 15.6 Å². The van der Waals surface area contributed by atoms with Gasteiger partial charge in [-0.2, -0.15) is 0 Å². The van der Waals surface area contributed by atoms with Crippen molar-refractivity contribution in [3.05, 3.63) is 58.8 Å². The largest absolute Gasteiger partial charge is 0.493 e. The third-order valence-corrected chi connectivity index (χ3v) is 5.22. The number of benzene rings is 1. The Kier molecular flexibility index (Phi) is 10.8. The second-order valence-corrected chi connectivity index (χ2v) is 7.65. The van der Waals surface area contributed by atoms with E-state index >= 15 is 0 Å². The summed E-state index contributed by atoms with van der Waals surface area (Å²) in [7, 11) is 3.44. The minimum Gasteiger partial charge on any atom is -0.493 e. The van der Waals surface area contributed by atoms with Crippen LogP contribution < -0.4 is 15.4 Å². The average molecular weight is 556 g/mol. The monoisotopic (exact) mass is 556 g/mol. The lowest BCUT2D eigenvalue weighted by atomic mass is 10.1. The Hall–Kier alpha value is -2.11. The molecule has 3 rings (SSSR count). The number of hydrogen-bond donors (Lipinski definition) is 2. The van der Waals surface area contributed by atoms with Gasteiger partial charge in [-0.3, -0.25) is 4.99 Å². The van der Waals surface area contributed by atoms with Crippen molar-refractivity contribution in [2.24, 2.45) is 4.99 Å². The van der Waals surface area contributed by atoms with Gasteiger partial charge < -0.3 is 24.5 Å². The van der Waals surface area contributed by atoms with Gasteiger partial charge in [0.25, 0.3) is 0 Å². The lowest BCUT2D eigenvalue weighted by Gasteiger charge is -2.15. The molecule has 2 aromatic heterocycles. The van der Waals surface area contributed by atoms with Gasteiger partial charge in [-0.15, -0.1) is 35.3 Å². The summed E-state index contributed by atoms with van der Waals surface area (Å²) in [6, 6.07) is 10.2. The summed E-state index contributed by atoms with van der Waals surface area (Å²) >= 11 is 1.60. The maximum Gasteiger partial charge on any atom is 0.236 e. The Bertz CT molecular complexity index is 944. The Balaban J connectivity index is 0.00000341. The van der Waals surface area contributed by atoms with Crippen LogP contribution in [0.2, 0.25) is 0 Å². The first-order valence-corrected chi connectivity index (χ1v) is 10.7. The number of hydrogen-bond acceptors (Lipinski definition) is 6. The smallest absolute Gasteiger partial charge is 0.236 e. The molecule has 1 aromatic carbocycles. The minimum absolute atomic E-state index is 0. The van der Waals surface area contributed by atoms with Crippen LogP contribution in [-0.4, -0.2) is 38.3 Å². The number of aromatic nitrogens is 1. The lowest BCUT2D eigenvalue weighted by molar-refractivity contribution is 0.171. The molecular weight excluding hydrogens is 527 g/mol. The second-order valence-electron chi connectivity index (χ2n) is 6.71. The molecule has 2 N–H and O–H groups in total. The third kappa shape index (κ3) is 7.82. The van der Waals surface area contributed by atoms with E-state index in [2.05, 4.69) is 45.7 Å². The van der Waals surface area contributed by atoms with Crippen molar-refractivity contribution < 1.29 is 13.9 Å². The quantitative estimate of drug-likeness (QED) is 0.164. The van der Waals surface area contributed by atoms with Gasteiger partial charge in [0.2, 0.25) is 5.89 Å². The number of rotatable bonds is 10. The van der Waals surface area contributed by atoms with Crippen molar-refractivity contribution in [2.75, 3.05) is 27.4 Å². The van der Waals surface area contributed by atoms with Crippen molar-refractivity contribution >= 4 is 41.3 Å². The molecule has 0 aliphatic carbocycles. The summed E-state index contributed by atoms with van der Waals surface area (Å²) in [6.07, 6.45) is 2.52. The fourth-order valence-corrected chi connectivity index (χ4v) is 3.46. The Labute approximate surface area is 204 Å². The summed E-state index contributed by atoms with van der Waals surface area (Å²) in [5.74, 6) is 2.20. The molecule has 0 spiro atoms. The van der Waals surface area contributed by atoms with Crippen molar-refractivity contribution in [3.63, 3.8) is 0 Å². The zero-order chi connectivity index (χ0) is 21.2. The molecule has 7 nitrogen and oxygen atoms in total. The van der Waals surface area contributed by atoms with E-state index in [0.717, 1.165) is 33.9 Å². The number of nitrogens with zero attached hydrogens (tertiary/aromatic N) is 2. The molecule has 168 valence electrons. The van der Waals surface area contributed by atoms with Crippen LogP contribution in [0.1, 0.15) is 23.2 Å². The van der Waals surface area contributed by atoms with E-state index in [0.29, 0.717) is 38.2 Å². The molecule has 0 aliphatic heterocycles. The summed E-state index contributed by atoms with van der Waals surface area (Å²) in [5, 5.41) is 8.60. The van der Waals surface area contributed by atoms with Crippen molar-refractivity contribution in [3.8, 4) is 16.5 Å². The van der Waals surface area contributed by atoms with E-state index in [1.54, 1.807) is 31.8 Å². The molecule has 31 heavy (non-hydrogen) atoms. The molecule has 0 radical (unpaired) electrons.